The second kappa shape index (κ2) is 4.64. The molecular weight excluding hydrogens is 250 g/mol. The van der Waals surface area contributed by atoms with Crippen LogP contribution in [0.25, 0.3) is 10.9 Å². The first-order valence-corrected chi connectivity index (χ1v) is 5.49. The Kier molecular flexibility index (Phi) is 3.16. The highest BCUT2D eigenvalue weighted by molar-refractivity contribution is 6.13. The molecule has 0 unspecified atom stereocenters. The van der Waals surface area contributed by atoms with Crippen molar-refractivity contribution in [3.63, 3.8) is 0 Å². The van der Waals surface area contributed by atoms with Crippen LogP contribution >= 0.6 is 0 Å². The molecule has 0 aliphatic heterocycles. The lowest BCUT2D eigenvalue weighted by atomic mass is 10.1. The number of methoxy groups -OCH3 is 2. The van der Waals surface area contributed by atoms with Crippen LogP contribution in [0.15, 0.2) is 18.2 Å². The molecule has 6 nitrogen and oxygen atoms in total. The number of aromatic hydroxyl groups is 1. The largest absolute Gasteiger partial charge is 0.508 e. The van der Waals surface area contributed by atoms with Crippen LogP contribution in [0.5, 0.6) is 5.75 Å². The average molecular weight is 263 g/mol. The van der Waals surface area contributed by atoms with Crippen molar-refractivity contribution in [3.8, 4) is 5.75 Å². The van der Waals surface area contributed by atoms with Gasteiger partial charge in [0.2, 0.25) is 0 Å². The number of aromatic nitrogens is 1. The first-order chi connectivity index (χ1) is 9.01. The summed E-state index contributed by atoms with van der Waals surface area (Å²) < 4.78 is 10.9. The number of carbonyl (C=O) groups is 2. The smallest absolute Gasteiger partial charge is 0.355 e. The third-order valence-electron chi connectivity index (χ3n) is 2.95. The van der Waals surface area contributed by atoms with Crippen molar-refractivity contribution in [1.29, 1.82) is 0 Å². The minimum Gasteiger partial charge on any atom is -0.508 e. The Morgan fingerprint density at radius 3 is 2.37 bits per heavy atom. The number of benzene rings is 1. The zero-order valence-corrected chi connectivity index (χ0v) is 10.8. The maximum Gasteiger partial charge on any atom is 0.355 e. The van der Waals surface area contributed by atoms with Crippen LogP contribution in [0.3, 0.4) is 0 Å². The monoisotopic (exact) mass is 263 g/mol. The van der Waals surface area contributed by atoms with Gasteiger partial charge in [-0.1, -0.05) is 0 Å². The molecule has 0 radical (unpaired) electrons. The Morgan fingerprint density at radius 1 is 1.16 bits per heavy atom. The standard InChI is InChI=1S/C13H13NO5/c1-14-9-5-4-7(15)6-8(9)10(12(16)18-2)11(14)13(17)19-3/h4-6,15H,1-3H3. The molecule has 0 atom stereocenters. The number of aryl methyl sites for hydroxylation is 1. The predicted octanol–water partition coefficient (Wildman–Crippen LogP) is 1.46. The van der Waals surface area contributed by atoms with Gasteiger partial charge < -0.3 is 19.1 Å². The van der Waals surface area contributed by atoms with E-state index >= 15 is 0 Å². The zero-order valence-electron chi connectivity index (χ0n) is 10.8. The summed E-state index contributed by atoms with van der Waals surface area (Å²) in [6, 6.07) is 4.50. The summed E-state index contributed by atoms with van der Waals surface area (Å²) in [6.07, 6.45) is 0. The first-order valence-electron chi connectivity index (χ1n) is 5.49. The minimum atomic E-state index is -0.656. The van der Waals surface area contributed by atoms with E-state index in [0.717, 1.165) is 0 Å². The van der Waals surface area contributed by atoms with Crippen molar-refractivity contribution in [3.05, 3.63) is 29.5 Å². The Hall–Kier alpha value is -2.50. The van der Waals surface area contributed by atoms with Crippen molar-refractivity contribution in [2.45, 2.75) is 0 Å². The lowest BCUT2D eigenvalue weighted by Crippen LogP contribution is -2.13. The molecule has 19 heavy (non-hydrogen) atoms. The van der Waals surface area contributed by atoms with Crippen LogP contribution in [0.1, 0.15) is 20.8 Å². The molecule has 0 saturated heterocycles. The van der Waals surface area contributed by atoms with Crippen molar-refractivity contribution in [2.24, 2.45) is 7.05 Å². The van der Waals surface area contributed by atoms with E-state index in [2.05, 4.69) is 4.74 Å². The normalized spacial score (nSPS) is 10.5. The van der Waals surface area contributed by atoms with E-state index in [1.165, 1.54) is 30.9 Å². The van der Waals surface area contributed by atoms with Crippen molar-refractivity contribution >= 4 is 22.8 Å². The highest BCUT2D eigenvalue weighted by Gasteiger charge is 2.27. The van der Waals surface area contributed by atoms with Crippen LogP contribution in [0.2, 0.25) is 0 Å². The van der Waals surface area contributed by atoms with E-state index in [1.807, 2.05) is 0 Å². The molecule has 0 spiro atoms. The summed E-state index contributed by atoms with van der Waals surface area (Å²) in [5.74, 6) is -1.30. The van der Waals surface area contributed by atoms with Gasteiger partial charge in [0.05, 0.1) is 14.2 Å². The topological polar surface area (TPSA) is 77.8 Å². The third kappa shape index (κ3) is 1.91. The number of nitrogens with zero attached hydrogens (tertiary/aromatic N) is 1. The van der Waals surface area contributed by atoms with Gasteiger partial charge in [0, 0.05) is 18.0 Å². The van der Waals surface area contributed by atoms with Gasteiger partial charge in [-0.2, -0.15) is 0 Å². The molecule has 1 aromatic heterocycles. The average Bonchev–Trinajstić information content (AvgIpc) is 2.69. The number of hydrogen-bond donors (Lipinski definition) is 1. The Labute approximate surface area is 109 Å². The molecule has 6 heteroatoms. The highest BCUT2D eigenvalue weighted by Crippen LogP contribution is 2.29. The van der Waals surface area contributed by atoms with E-state index in [-0.39, 0.29) is 17.0 Å². The summed E-state index contributed by atoms with van der Waals surface area (Å²) in [4.78, 5) is 23.7. The van der Waals surface area contributed by atoms with Gasteiger partial charge >= 0.3 is 11.9 Å². The summed E-state index contributed by atoms with van der Waals surface area (Å²) in [6.45, 7) is 0. The van der Waals surface area contributed by atoms with Gasteiger partial charge in [0.1, 0.15) is 17.0 Å². The molecule has 0 aliphatic carbocycles. The fraction of sp³-hybridized carbons (Fsp3) is 0.231. The summed E-state index contributed by atoms with van der Waals surface area (Å²) in [5.41, 5.74) is 0.802. The maximum absolute atomic E-state index is 11.9. The molecule has 0 fully saturated rings. The van der Waals surface area contributed by atoms with E-state index in [4.69, 9.17) is 4.74 Å². The molecule has 100 valence electrons. The number of rotatable bonds is 2. The van der Waals surface area contributed by atoms with Gasteiger partial charge in [0.25, 0.3) is 0 Å². The van der Waals surface area contributed by atoms with Crippen LogP contribution in [0.4, 0.5) is 0 Å². The molecule has 0 bridgehead atoms. The lowest BCUT2D eigenvalue weighted by molar-refractivity contribution is 0.0549. The number of fused-ring (bicyclic) bond motifs is 1. The van der Waals surface area contributed by atoms with E-state index in [0.29, 0.717) is 10.9 Å². The maximum atomic E-state index is 11.9. The molecule has 1 N–H and O–H groups in total. The predicted molar refractivity (Wildman–Crippen MR) is 67.3 cm³/mol. The second-order valence-electron chi connectivity index (χ2n) is 3.97. The first kappa shape index (κ1) is 12.9. The zero-order chi connectivity index (χ0) is 14.2. The van der Waals surface area contributed by atoms with Gasteiger partial charge in [-0.15, -0.1) is 0 Å². The van der Waals surface area contributed by atoms with E-state index in [9.17, 15) is 14.7 Å². The fourth-order valence-electron chi connectivity index (χ4n) is 2.08. The van der Waals surface area contributed by atoms with Crippen LogP contribution in [-0.4, -0.2) is 35.8 Å². The Balaban J connectivity index is 2.89. The highest BCUT2D eigenvalue weighted by atomic mass is 16.5. The molecule has 1 aromatic carbocycles. The van der Waals surface area contributed by atoms with Gasteiger partial charge in [-0.3, -0.25) is 0 Å². The van der Waals surface area contributed by atoms with E-state index in [1.54, 1.807) is 13.1 Å². The second-order valence-corrected chi connectivity index (χ2v) is 3.97. The van der Waals surface area contributed by atoms with Crippen molar-refractivity contribution < 1.29 is 24.2 Å². The third-order valence-corrected chi connectivity index (χ3v) is 2.95. The minimum absolute atomic E-state index is 0.000307. The molecule has 0 aliphatic rings. The van der Waals surface area contributed by atoms with Crippen molar-refractivity contribution in [2.75, 3.05) is 14.2 Å². The summed E-state index contributed by atoms with van der Waals surface area (Å²) >= 11 is 0. The van der Waals surface area contributed by atoms with Crippen LogP contribution < -0.4 is 0 Å². The van der Waals surface area contributed by atoms with Crippen molar-refractivity contribution in [1.82, 2.24) is 4.57 Å². The van der Waals surface area contributed by atoms with Crippen LogP contribution in [0, 0.1) is 0 Å². The molecule has 2 rings (SSSR count). The number of phenolic OH excluding ortho intramolecular Hbond substituents is 1. The number of phenols is 1. The van der Waals surface area contributed by atoms with Gasteiger partial charge in [0.15, 0.2) is 0 Å². The number of ether oxygens (including phenoxy) is 2. The fourth-order valence-corrected chi connectivity index (χ4v) is 2.08. The molecule has 2 aromatic rings. The Morgan fingerprint density at radius 2 is 1.79 bits per heavy atom. The SMILES string of the molecule is COC(=O)c1c(C(=O)OC)n(C)c2ccc(O)cc12. The number of esters is 2. The molecule has 1 heterocycles. The van der Waals surface area contributed by atoms with E-state index < -0.39 is 11.9 Å². The van der Waals surface area contributed by atoms with Gasteiger partial charge in [-0.25, -0.2) is 9.59 Å². The van der Waals surface area contributed by atoms with Gasteiger partial charge in [-0.05, 0) is 18.2 Å². The number of carbonyl (C=O) groups excluding carboxylic acids is 2. The molecule has 0 amide bonds. The molecule has 0 saturated carbocycles. The Bertz CT molecular complexity index is 671. The number of hydrogen-bond acceptors (Lipinski definition) is 5. The summed E-state index contributed by atoms with van der Waals surface area (Å²) in [7, 11) is 4.10. The lowest BCUT2D eigenvalue weighted by Gasteiger charge is -2.04. The van der Waals surface area contributed by atoms with Crippen LogP contribution in [-0.2, 0) is 16.5 Å². The summed E-state index contributed by atoms with van der Waals surface area (Å²) in [5, 5.41) is 9.97. The quantitative estimate of drug-likeness (QED) is 0.830. The molecular formula is C13H13NO5.